The van der Waals surface area contributed by atoms with Gasteiger partial charge in [0, 0.05) is 36.1 Å². The van der Waals surface area contributed by atoms with Crippen molar-refractivity contribution in [2.24, 2.45) is 0 Å². The zero-order valence-corrected chi connectivity index (χ0v) is 18.3. The van der Waals surface area contributed by atoms with Gasteiger partial charge in [0.2, 0.25) is 0 Å². The fourth-order valence-electron chi connectivity index (χ4n) is 3.21. The molecular formula is C20H24Cl2N4O3. The van der Waals surface area contributed by atoms with Gasteiger partial charge < -0.3 is 9.64 Å². The number of pyridine rings is 1. The summed E-state index contributed by atoms with van der Waals surface area (Å²) < 4.78 is 5.45. The van der Waals surface area contributed by atoms with Crippen molar-refractivity contribution in [3.8, 4) is 0 Å². The molecule has 0 bridgehead atoms. The summed E-state index contributed by atoms with van der Waals surface area (Å²) in [4.78, 5) is 31.2. The Bertz CT molecular complexity index is 945. The average molecular weight is 439 g/mol. The Morgan fingerprint density at radius 1 is 1.21 bits per heavy atom. The normalized spacial score (nSPS) is 18.0. The van der Waals surface area contributed by atoms with Gasteiger partial charge in [0.15, 0.2) is 0 Å². The Morgan fingerprint density at radius 3 is 2.59 bits per heavy atom. The first-order chi connectivity index (χ1) is 13.5. The molecule has 1 aliphatic rings. The number of fused-ring (bicyclic) bond motifs is 1. The van der Waals surface area contributed by atoms with Crippen LogP contribution in [0.3, 0.4) is 0 Å². The average Bonchev–Trinajstić information content (AvgIpc) is 2.59. The Hall–Kier alpha value is -2.09. The SMILES string of the molecule is C[C@@H]1CN(NC(=O)c2cc(Cl)nc3ccc(Cl)cc23)CCN1C(=O)OC(C)(C)C. The highest BCUT2D eigenvalue weighted by Crippen LogP contribution is 2.24. The maximum atomic E-state index is 12.9. The summed E-state index contributed by atoms with van der Waals surface area (Å²) in [6.45, 7) is 8.82. The van der Waals surface area contributed by atoms with E-state index in [9.17, 15) is 9.59 Å². The lowest BCUT2D eigenvalue weighted by Gasteiger charge is -2.40. The van der Waals surface area contributed by atoms with Crippen molar-refractivity contribution in [1.29, 1.82) is 0 Å². The maximum absolute atomic E-state index is 12.9. The first-order valence-corrected chi connectivity index (χ1v) is 10.1. The van der Waals surface area contributed by atoms with Crippen LogP contribution in [0.4, 0.5) is 4.79 Å². The molecule has 2 heterocycles. The van der Waals surface area contributed by atoms with Crippen LogP contribution < -0.4 is 5.43 Å². The van der Waals surface area contributed by atoms with Gasteiger partial charge >= 0.3 is 6.09 Å². The Labute approximate surface area is 179 Å². The van der Waals surface area contributed by atoms with Crippen molar-refractivity contribution in [3.05, 3.63) is 40.0 Å². The van der Waals surface area contributed by atoms with Crippen LogP contribution in [0.25, 0.3) is 10.9 Å². The first-order valence-electron chi connectivity index (χ1n) is 9.35. The minimum atomic E-state index is -0.550. The molecule has 1 aromatic carbocycles. The molecular weight excluding hydrogens is 415 g/mol. The van der Waals surface area contributed by atoms with Gasteiger partial charge in [-0.15, -0.1) is 0 Å². The number of hydrazine groups is 1. The minimum absolute atomic E-state index is 0.119. The molecule has 156 valence electrons. The van der Waals surface area contributed by atoms with E-state index in [1.54, 1.807) is 28.1 Å². The van der Waals surface area contributed by atoms with Gasteiger partial charge in [-0.05, 0) is 52.0 Å². The molecule has 0 aliphatic carbocycles. The molecule has 3 rings (SSSR count). The minimum Gasteiger partial charge on any atom is -0.444 e. The molecule has 1 fully saturated rings. The lowest BCUT2D eigenvalue weighted by atomic mass is 10.1. The van der Waals surface area contributed by atoms with E-state index >= 15 is 0 Å². The zero-order chi connectivity index (χ0) is 21.3. The Balaban J connectivity index is 1.71. The molecule has 1 atom stereocenters. The van der Waals surface area contributed by atoms with E-state index in [0.717, 1.165) is 0 Å². The van der Waals surface area contributed by atoms with Crippen molar-refractivity contribution in [1.82, 2.24) is 20.3 Å². The van der Waals surface area contributed by atoms with Crippen LogP contribution in [0.1, 0.15) is 38.1 Å². The van der Waals surface area contributed by atoms with Gasteiger partial charge in [0.1, 0.15) is 10.8 Å². The van der Waals surface area contributed by atoms with Gasteiger partial charge in [-0.25, -0.2) is 14.8 Å². The monoisotopic (exact) mass is 438 g/mol. The second kappa shape index (κ2) is 8.34. The third kappa shape index (κ3) is 5.29. The number of nitrogens with one attached hydrogen (secondary N) is 1. The van der Waals surface area contributed by atoms with Crippen LogP contribution >= 0.6 is 23.2 Å². The Morgan fingerprint density at radius 2 is 1.93 bits per heavy atom. The number of nitrogens with zero attached hydrogens (tertiary/aromatic N) is 3. The molecule has 0 radical (unpaired) electrons. The fourth-order valence-corrected chi connectivity index (χ4v) is 3.58. The van der Waals surface area contributed by atoms with Gasteiger partial charge in [0.05, 0.1) is 11.1 Å². The summed E-state index contributed by atoms with van der Waals surface area (Å²) in [6.07, 6.45) is -0.350. The molecule has 9 heteroatoms. The number of rotatable bonds is 2. The number of benzene rings is 1. The number of ether oxygens (including phenoxy) is 1. The summed E-state index contributed by atoms with van der Waals surface area (Å²) in [7, 11) is 0. The number of halogens is 2. The number of piperazine rings is 1. The van der Waals surface area contributed by atoms with Crippen LogP contribution in [0.15, 0.2) is 24.3 Å². The van der Waals surface area contributed by atoms with Crippen molar-refractivity contribution >= 4 is 46.1 Å². The standard InChI is InChI=1S/C20H24Cl2N4O3/c1-12-11-25(7-8-26(12)19(28)29-20(2,3)4)24-18(27)15-10-17(22)23-16-6-5-13(21)9-14(15)16/h5-6,9-10,12H,7-8,11H2,1-4H3,(H,24,27)/t12-/m1/s1. The molecule has 1 aliphatic heterocycles. The van der Waals surface area contributed by atoms with Crippen molar-refractivity contribution in [3.63, 3.8) is 0 Å². The van der Waals surface area contributed by atoms with E-state index < -0.39 is 5.60 Å². The predicted molar refractivity (Wildman–Crippen MR) is 113 cm³/mol. The summed E-state index contributed by atoms with van der Waals surface area (Å²) >= 11 is 12.2. The highest BCUT2D eigenvalue weighted by Gasteiger charge is 2.31. The number of hydrogen-bond donors (Lipinski definition) is 1. The van der Waals surface area contributed by atoms with Gasteiger partial charge in [-0.1, -0.05) is 23.2 Å². The van der Waals surface area contributed by atoms with Crippen molar-refractivity contribution in [2.45, 2.75) is 39.3 Å². The summed E-state index contributed by atoms with van der Waals surface area (Å²) in [6, 6.07) is 6.52. The number of carbonyl (C=O) groups is 2. The topological polar surface area (TPSA) is 74.8 Å². The third-order valence-electron chi connectivity index (χ3n) is 4.50. The third-order valence-corrected chi connectivity index (χ3v) is 4.93. The van der Waals surface area contributed by atoms with Crippen molar-refractivity contribution in [2.75, 3.05) is 19.6 Å². The van der Waals surface area contributed by atoms with Crippen LogP contribution in [-0.4, -0.2) is 58.2 Å². The van der Waals surface area contributed by atoms with Crippen LogP contribution in [0.2, 0.25) is 10.2 Å². The molecule has 2 amide bonds. The van der Waals surface area contributed by atoms with Gasteiger partial charge in [-0.3, -0.25) is 10.2 Å². The molecule has 1 N–H and O–H groups in total. The van der Waals surface area contributed by atoms with Crippen LogP contribution in [0, 0.1) is 0 Å². The summed E-state index contributed by atoms with van der Waals surface area (Å²) in [5, 5.41) is 3.15. The maximum Gasteiger partial charge on any atom is 0.410 e. The second-order valence-corrected chi connectivity index (χ2v) is 8.89. The summed E-state index contributed by atoms with van der Waals surface area (Å²) in [5.74, 6) is -0.306. The molecule has 2 aromatic rings. The van der Waals surface area contributed by atoms with Crippen LogP contribution in [-0.2, 0) is 4.74 Å². The summed E-state index contributed by atoms with van der Waals surface area (Å²) in [5.41, 5.74) is 3.33. The number of aromatic nitrogens is 1. The smallest absolute Gasteiger partial charge is 0.410 e. The van der Waals surface area contributed by atoms with Gasteiger partial charge in [0.25, 0.3) is 5.91 Å². The highest BCUT2D eigenvalue weighted by atomic mass is 35.5. The predicted octanol–water partition coefficient (Wildman–Crippen LogP) is 4.13. The molecule has 0 unspecified atom stereocenters. The van der Waals surface area contributed by atoms with Crippen LogP contribution in [0.5, 0.6) is 0 Å². The fraction of sp³-hybridized carbons (Fsp3) is 0.450. The van der Waals surface area contributed by atoms with E-state index in [4.69, 9.17) is 27.9 Å². The zero-order valence-electron chi connectivity index (χ0n) is 16.8. The van der Waals surface area contributed by atoms with Gasteiger partial charge in [-0.2, -0.15) is 0 Å². The number of amides is 2. The molecule has 1 saturated heterocycles. The number of hydrogen-bond acceptors (Lipinski definition) is 5. The van der Waals surface area contributed by atoms with E-state index in [1.807, 2.05) is 27.7 Å². The molecule has 29 heavy (non-hydrogen) atoms. The van der Waals surface area contributed by atoms with E-state index in [-0.39, 0.29) is 23.2 Å². The molecule has 0 saturated carbocycles. The molecule has 1 aromatic heterocycles. The van der Waals surface area contributed by atoms with E-state index in [0.29, 0.717) is 41.1 Å². The van der Waals surface area contributed by atoms with Crippen molar-refractivity contribution < 1.29 is 14.3 Å². The quantitative estimate of drug-likeness (QED) is 0.713. The number of carbonyl (C=O) groups excluding carboxylic acids is 2. The van der Waals surface area contributed by atoms with E-state index in [1.165, 1.54) is 6.07 Å². The van der Waals surface area contributed by atoms with E-state index in [2.05, 4.69) is 10.4 Å². The second-order valence-electron chi connectivity index (χ2n) is 8.06. The highest BCUT2D eigenvalue weighted by molar-refractivity contribution is 6.32. The lowest BCUT2D eigenvalue weighted by Crippen LogP contribution is -2.59. The Kier molecular flexibility index (Phi) is 6.22. The molecule has 0 spiro atoms. The largest absolute Gasteiger partial charge is 0.444 e. The first kappa shape index (κ1) is 21.6. The molecule has 7 nitrogen and oxygen atoms in total. The lowest BCUT2D eigenvalue weighted by molar-refractivity contribution is -0.00479.